The van der Waals surface area contributed by atoms with Crippen LogP contribution in [-0.2, 0) is 9.53 Å². The van der Waals surface area contributed by atoms with Crippen LogP contribution in [0.2, 0.25) is 0 Å². The highest BCUT2D eigenvalue weighted by Gasteiger charge is 2.27. The maximum Gasteiger partial charge on any atom is 0.328 e. The zero-order chi connectivity index (χ0) is 13.7. The van der Waals surface area contributed by atoms with Gasteiger partial charge >= 0.3 is 5.97 Å². The molecule has 3 heteroatoms. The van der Waals surface area contributed by atoms with E-state index in [1.807, 2.05) is 18.2 Å². The van der Waals surface area contributed by atoms with Gasteiger partial charge in [-0.15, -0.1) is 0 Å². The molecule has 1 saturated heterocycles. The second kappa shape index (κ2) is 6.41. The molecular weight excluding hydrogens is 238 g/mol. The third kappa shape index (κ3) is 3.37. The zero-order valence-corrected chi connectivity index (χ0v) is 11.6. The Bertz CT molecular complexity index is 453. The molecule has 0 amide bonds. The number of nitrogens with zero attached hydrogens (tertiary/aromatic N) is 1. The number of allylic oxidation sites excluding steroid dienone is 1. The first-order chi connectivity index (χ1) is 9.22. The van der Waals surface area contributed by atoms with Crippen molar-refractivity contribution in [2.24, 2.45) is 0 Å². The fourth-order valence-corrected chi connectivity index (χ4v) is 2.52. The number of esters is 1. The summed E-state index contributed by atoms with van der Waals surface area (Å²) in [4.78, 5) is 13.9. The van der Waals surface area contributed by atoms with E-state index in [0.717, 1.165) is 25.8 Å². The number of hydrogen-bond donors (Lipinski definition) is 0. The highest BCUT2D eigenvalue weighted by Crippen LogP contribution is 2.22. The third-order valence-electron chi connectivity index (χ3n) is 3.61. The number of likely N-dealkylation sites (tertiary alicyclic amines) is 1. The quantitative estimate of drug-likeness (QED) is 0.781. The monoisotopic (exact) mass is 259 g/mol. The molecule has 0 bridgehead atoms. The normalized spacial score (nSPS) is 20.2. The van der Waals surface area contributed by atoms with Crippen molar-refractivity contribution in [1.82, 2.24) is 4.90 Å². The number of rotatable bonds is 3. The van der Waals surface area contributed by atoms with Crippen LogP contribution >= 0.6 is 0 Å². The first-order valence-corrected chi connectivity index (χ1v) is 6.80. The van der Waals surface area contributed by atoms with Gasteiger partial charge in [0.25, 0.3) is 0 Å². The molecule has 1 heterocycles. The van der Waals surface area contributed by atoms with Gasteiger partial charge in [0.2, 0.25) is 0 Å². The lowest BCUT2D eigenvalue weighted by molar-refractivity contribution is -0.147. The Morgan fingerprint density at radius 3 is 2.74 bits per heavy atom. The van der Waals surface area contributed by atoms with E-state index in [0.29, 0.717) is 0 Å². The summed E-state index contributed by atoms with van der Waals surface area (Å²) < 4.78 is 4.90. The van der Waals surface area contributed by atoms with E-state index in [1.165, 1.54) is 18.2 Å². The summed E-state index contributed by atoms with van der Waals surface area (Å²) in [6.07, 6.45) is 5.20. The van der Waals surface area contributed by atoms with Crippen LogP contribution in [0.15, 0.2) is 36.5 Å². The van der Waals surface area contributed by atoms with Gasteiger partial charge in [-0.2, -0.15) is 0 Å². The zero-order valence-electron chi connectivity index (χ0n) is 11.6. The second-order valence-electron chi connectivity index (χ2n) is 4.95. The maximum atomic E-state index is 11.8. The molecule has 1 unspecified atom stereocenters. The predicted molar refractivity (Wildman–Crippen MR) is 76.5 cm³/mol. The Balaban J connectivity index is 2.17. The van der Waals surface area contributed by atoms with Gasteiger partial charge in [0.05, 0.1) is 7.11 Å². The number of ether oxygens (including phenoxy) is 1. The van der Waals surface area contributed by atoms with E-state index in [2.05, 4.69) is 30.2 Å². The maximum absolute atomic E-state index is 11.8. The molecule has 0 saturated carbocycles. The van der Waals surface area contributed by atoms with Crippen LogP contribution in [0.25, 0.3) is 5.57 Å². The third-order valence-corrected chi connectivity index (χ3v) is 3.61. The summed E-state index contributed by atoms with van der Waals surface area (Å²) in [5.74, 6) is -0.128. The second-order valence-corrected chi connectivity index (χ2v) is 4.95. The molecule has 1 fully saturated rings. The number of carbonyl (C=O) groups is 1. The smallest absolute Gasteiger partial charge is 0.328 e. The molecule has 0 N–H and O–H groups in total. The van der Waals surface area contributed by atoms with Crippen LogP contribution in [0.5, 0.6) is 0 Å². The molecular formula is C16H21NO2. The van der Waals surface area contributed by atoms with Crippen molar-refractivity contribution in [2.75, 3.05) is 13.7 Å². The minimum atomic E-state index is -0.128. The lowest BCUT2D eigenvalue weighted by atomic mass is 10.0. The average molecular weight is 259 g/mol. The largest absolute Gasteiger partial charge is 0.467 e. The van der Waals surface area contributed by atoms with Gasteiger partial charge in [-0.1, -0.05) is 30.3 Å². The summed E-state index contributed by atoms with van der Waals surface area (Å²) in [7, 11) is 1.46. The summed E-state index contributed by atoms with van der Waals surface area (Å²) in [6.45, 7) is 3.00. The molecule has 0 radical (unpaired) electrons. The number of benzene rings is 1. The lowest BCUT2D eigenvalue weighted by Gasteiger charge is -2.33. The van der Waals surface area contributed by atoms with E-state index in [9.17, 15) is 4.79 Å². The molecule has 19 heavy (non-hydrogen) atoms. The molecule has 0 spiro atoms. The minimum absolute atomic E-state index is 0.127. The SMILES string of the molecule is COC(=O)C1CCCCN1/C=C(/C)c1ccccc1. The van der Waals surface area contributed by atoms with Crippen molar-refractivity contribution in [2.45, 2.75) is 32.2 Å². The van der Waals surface area contributed by atoms with Crippen molar-refractivity contribution in [1.29, 1.82) is 0 Å². The fourth-order valence-electron chi connectivity index (χ4n) is 2.52. The number of hydrogen-bond acceptors (Lipinski definition) is 3. The Kier molecular flexibility index (Phi) is 4.61. The molecule has 102 valence electrons. The molecule has 0 aromatic heterocycles. The molecule has 1 aliphatic rings. The van der Waals surface area contributed by atoms with Crippen molar-refractivity contribution >= 4 is 11.5 Å². The lowest BCUT2D eigenvalue weighted by Crippen LogP contribution is -2.42. The summed E-state index contributed by atoms with van der Waals surface area (Å²) >= 11 is 0. The van der Waals surface area contributed by atoms with Gasteiger partial charge < -0.3 is 9.64 Å². The van der Waals surface area contributed by atoms with Gasteiger partial charge in [0, 0.05) is 12.7 Å². The highest BCUT2D eigenvalue weighted by molar-refractivity contribution is 5.76. The molecule has 2 rings (SSSR count). The topological polar surface area (TPSA) is 29.5 Å². The van der Waals surface area contributed by atoms with Crippen LogP contribution in [0, 0.1) is 0 Å². The van der Waals surface area contributed by atoms with E-state index >= 15 is 0 Å². The first kappa shape index (κ1) is 13.7. The van der Waals surface area contributed by atoms with E-state index in [4.69, 9.17) is 4.74 Å². The van der Waals surface area contributed by atoms with Gasteiger partial charge in [0.1, 0.15) is 6.04 Å². The summed E-state index contributed by atoms with van der Waals surface area (Å²) in [5.41, 5.74) is 2.37. The van der Waals surface area contributed by atoms with Gasteiger partial charge in [-0.05, 0) is 37.3 Å². The summed E-state index contributed by atoms with van der Waals surface area (Å²) in [5, 5.41) is 0. The van der Waals surface area contributed by atoms with Crippen molar-refractivity contribution in [3.63, 3.8) is 0 Å². The molecule has 1 aromatic rings. The van der Waals surface area contributed by atoms with E-state index < -0.39 is 0 Å². The average Bonchev–Trinajstić information content (AvgIpc) is 2.48. The molecule has 1 aromatic carbocycles. The minimum Gasteiger partial charge on any atom is -0.467 e. The number of methoxy groups -OCH3 is 1. The van der Waals surface area contributed by atoms with Crippen LogP contribution in [-0.4, -0.2) is 30.6 Å². The van der Waals surface area contributed by atoms with E-state index in [-0.39, 0.29) is 12.0 Å². The van der Waals surface area contributed by atoms with Crippen molar-refractivity contribution in [3.8, 4) is 0 Å². The molecule has 0 aliphatic carbocycles. The van der Waals surface area contributed by atoms with Crippen molar-refractivity contribution in [3.05, 3.63) is 42.1 Å². The van der Waals surface area contributed by atoms with Crippen LogP contribution in [0.3, 0.4) is 0 Å². The Morgan fingerprint density at radius 1 is 1.32 bits per heavy atom. The van der Waals surface area contributed by atoms with Gasteiger partial charge in [0.15, 0.2) is 0 Å². The summed E-state index contributed by atoms with van der Waals surface area (Å²) in [6, 6.07) is 10.1. The highest BCUT2D eigenvalue weighted by atomic mass is 16.5. The molecule has 1 aliphatic heterocycles. The van der Waals surface area contributed by atoms with Crippen molar-refractivity contribution < 1.29 is 9.53 Å². The number of piperidine rings is 1. The first-order valence-electron chi connectivity index (χ1n) is 6.80. The number of carbonyl (C=O) groups excluding carboxylic acids is 1. The predicted octanol–water partition coefficient (Wildman–Crippen LogP) is 3.07. The van der Waals surface area contributed by atoms with Gasteiger partial charge in [-0.25, -0.2) is 4.79 Å². The molecule has 1 atom stereocenters. The Hall–Kier alpha value is -1.77. The molecule has 3 nitrogen and oxygen atoms in total. The van der Waals surface area contributed by atoms with Crippen LogP contribution in [0.4, 0.5) is 0 Å². The Labute approximate surface area is 114 Å². The Morgan fingerprint density at radius 2 is 2.05 bits per heavy atom. The fraction of sp³-hybridized carbons (Fsp3) is 0.438. The van der Waals surface area contributed by atoms with E-state index in [1.54, 1.807) is 0 Å². The van der Waals surface area contributed by atoms with Crippen LogP contribution in [0.1, 0.15) is 31.7 Å². The van der Waals surface area contributed by atoms with Crippen LogP contribution < -0.4 is 0 Å². The standard InChI is InChI=1S/C16H21NO2/c1-13(14-8-4-3-5-9-14)12-17-11-7-6-10-15(17)16(18)19-2/h3-5,8-9,12,15H,6-7,10-11H2,1-2H3/b13-12-. The van der Waals surface area contributed by atoms with Gasteiger partial charge in [-0.3, -0.25) is 0 Å².